The molecule has 3 nitrogen and oxygen atoms in total. The minimum atomic E-state index is -0.977. The SMILES string of the molecule is C=C(C[C@H](N)C(=O)O)SC. The minimum Gasteiger partial charge on any atom is -0.480 e. The lowest BCUT2D eigenvalue weighted by atomic mass is 10.2. The van der Waals surface area contributed by atoms with E-state index in [1.165, 1.54) is 11.8 Å². The van der Waals surface area contributed by atoms with E-state index in [4.69, 9.17) is 10.8 Å². The number of aliphatic carboxylic acids is 1. The standard InChI is InChI=1S/C6H11NO2S/c1-4(10-2)3-5(7)6(8)9/h5H,1,3,7H2,2H3,(H,8,9)/t5-/m0/s1. The van der Waals surface area contributed by atoms with Crippen molar-refractivity contribution in [3.63, 3.8) is 0 Å². The lowest BCUT2D eigenvalue weighted by molar-refractivity contribution is -0.138. The second-order valence-corrected chi connectivity index (χ2v) is 2.88. The predicted octanol–water partition coefficient (Wildman–Crippen LogP) is 0.665. The lowest BCUT2D eigenvalue weighted by Gasteiger charge is -2.05. The van der Waals surface area contributed by atoms with Gasteiger partial charge in [0.1, 0.15) is 6.04 Å². The average molecular weight is 161 g/mol. The smallest absolute Gasteiger partial charge is 0.320 e. The molecule has 0 fully saturated rings. The molecule has 0 rings (SSSR count). The van der Waals surface area contributed by atoms with Gasteiger partial charge in [0.15, 0.2) is 0 Å². The fraction of sp³-hybridized carbons (Fsp3) is 0.500. The van der Waals surface area contributed by atoms with Crippen molar-refractivity contribution >= 4 is 17.7 Å². The summed E-state index contributed by atoms with van der Waals surface area (Å²) in [5.74, 6) is -0.977. The average Bonchev–Trinajstić information content (AvgIpc) is 1.87. The maximum Gasteiger partial charge on any atom is 0.320 e. The van der Waals surface area contributed by atoms with Crippen LogP contribution in [0.5, 0.6) is 0 Å². The van der Waals surface area contributed by atoms with Crippen molar-refractivity contribution < 1.29 is 9.90 Å². The number of hydrogen-bond acceptors (Lipinski definition) is 3. The third kappa shape index (κ3) is 3.53. The maximum atomic E-state index is 10.2. The second-order valence-electron chi connectivity index (χ2n) is 1.89. The zero-order valence-corrected chi connectivity index (χ0v) is 6.65. The molecule has 0 amide bonds. The molecule has 0 aliphatic rings. The van der Waals surface area contributed by atoms with E-state index in [9.17, 15) is 4.79 Å². The third-order valence-electron chi connectivity index (χ3n) is 1.05. The van der Waals surface area contributed by atoms with Crippen LogP contribution in [0.2, 0.25) is 0 Å². The molecule has 0 saturated heterocycles. The monoisotopic (exact) mass is 161 g/mol. The van der Waals surface area contributed by atoms with E-state index in [0.29, 0.717) is 6.42 Å². The summed E-state index contributed by atoms with van der Waals surface area (Å²) in [7, 11) is 0. The third-order valence-corrected chi connectivity index (χ3v) is 1.80. The zero-order valence-electron chi connectivity index (χ0n) is 5.83. The normalized spacial score (nSPS) is 12.6. The molecule has 3 N–H and O–H groups in total. The molecule has 0 aromatic rings. The molecule has 0 spiro atoms. The Morgan fingerprint density at radius 3 is 2.70 bits per heavy atom. The van der Waals surface area contributed by atoms with E-state index in [1.807, 2.05) is 6.26 Å². The van der Waals surface area contributed by atoms with Gasteiger partial charge in [0.25, 0.3) is 0 Å². The van der Waals surface area contributed by atoms with Crippen LogP contribution in [0.3, 0.4) is 0 Å². The highest BCUT2D eigenvalue weighted by Crippen LogP contribution is 2.13. The molecule has 10 heavy (non-hydrogen) atoms. The summed E-state index contributed by atoms with van der Waals surface area (Å²) in [4.78, 5) is 11.0. The number of carbonyl (C=O) groups is 1. The summed E-state index contributed by atoms with van der Waals surface area (Å²) >= 11 is 1.43. The number of hydrogen-bond donors (Lipinski definition) is 2. The number of rotatable bonds is 4. The van der Waals surface area contributed by atoms with Crippen LogP contribution in [-0.2, 0) is 4.79 Å². The Kier molecular flexibility index (Phi) is 4.14. The van der Waals surface area contributed by atoms with Crippen molar-refractivity contribution in [1.82, 2.24) is 0 Å². The van der Waals surface area contributed by atoms with Gasteiger partial charge >= 0.3 is 5.97 Å². The van der Waals surface area contributed by atoms with E-state index < -0.39 is 12.0 Å². The molecule has 0 unspecified atom stereocenters. The van der Waals surface area contributed by atoms with Gasteiger partial charge in [0, 0.05) is 6.42 Å². The van der Waals surface area contributed by atoms with Gasteiger partial charge in [-0.3, -0.25) is 4.79 Å². The molecule has 1 atom stereocenters. The van der Waals surface area contributed by atoms with Crippen molar-refractivity contribution in [1.29, 1.82) is 0 Å². The van der Waals surface area contributed by atoms with E-state index in [1.54, 1.807) is 0 Å². The maximum absolute atomic E-state index is 10.2. The van der Waals surface area contributed by atoms with E-state index in [2.05, 4.69) is 6.58 Å². The molecule has 0 heterocycles. The number of carboxylic acids is 1. The van der Waals surface area contributed by atoms with Crippen LogP contribution in [-0.4, -0.2) is 23.4 Å². The van der Waals surface area contributed by atoms with Gasteiger partial charge < -0.3 is 10.8 Å². The van der Waals surface area contributed by atoms with Crippen LogP contribution >= 0.6 is 11.8 Å². The molecule has 0 aliphatic carbocycles. The van der Waals surface area contributed by atoms with Crippen molar-refractivity contribution in [2.45, 2.75) is 12.5 Å². The van der Waals surface area contributed by atoms with E-state index in [0.717, 1.165) is 4.91 Å². The van der Waals surface area contributed by atoms with Crippen LogP contribution in [0, 0.1) is 0 Å². The molecule has 0 radical (unpaired) electrons. The fourth-order valence-corrected chi connectivity index (χ4v) is 0.762. The largest absolute Gasteiger partial charge is 0.480 e. The van der Waals surface area contributed by atoms with Gasteiger partial charge in [-0.1, -0.05) is 6.58 Å². The van der Waals surface area contributed by atoms with Gasteiger partial charge in [-0.2, -0.15) is 0 Å². The number of carboxylic acid groups (broad SMARTS) is 1. The summed E-state index contributed by atoms with van der Waals surface area (Å²) in [6.45, 7) is 3.62. The van der Waals surface area contributed by atoms with Crippen LogP contribution < -0.4 is 5.73 Å². The molecule has 0 saturated carbocycles. The molecular formula is C6H11NO2S. The first-order valence-corrected chi connectivity index (χ1v) is 4.00. The van der Waals surface area contributed by atoms with Crippen molar-refractivity contribution in [2.24, 2.45) is 5.73 Å². The Labute approximate surface area is 64.3 Å². The topological polar surface area (TPSA) is 63.3 Å². The van der Waals surface area contributed by atoms with Crippen molar-refractivity contribution in [3.05, 3.63) is 11.5 Å². The van der Waals surface area contributed by atoms with Crippen LogP contribution in [0.1, 0.15) is 6.42 Å². The minimum absolute atomic E-state index is 0.344. The van der Waals surface area contributed by atoms with Gasteiger partial charge in [0.2, 0.25) is 0 Å². The van der Waals surface area contributed by atoms with Crippen molar-refractivity contribution in [2.75, 3.05) is 6.26 Å². The molecule has 0 aromatic heterocycles. The molecule has 58 valence electrons. The zero-order chi connectivity index (χ0) is 8.15. The Hall–Kier alpha value is -0.480. The first kappa shape index (κ1) is 9.52. The van der Waals surface area contributed by atoms with Crippen LogP contribution in [0.25, 0.3) is 0 Å². The summed E-state index contributed by atoms with van der Waals surface area (Å²) in [6, 6.07) is -0.806. The van der Waals surface area contributed by atoms with E-state index in [-0.39, 0.29) is 0 Å². The van der Waals surface area contributed by atoms with Crippen LogP contribution in [0.15, 0.2) is 11.5 Å². The Morgan fingerprint density at radius 2 is 2.40 bits per heavy atom. The Balaban J connectivity index is 3.68. The highest BCUT2D eigenvalue weighted by molar-refractivity contribution is 8.02. The van der Waals surface area contributed by atoms with Gasteiger partial charge in [-0.25, -0.2) is 0 Å². The van der Waals surface area contributed by atoms with Crippen molar-refractivity contribution in [3.8, 4) is 0 Å². The summed E-state index contributed by atoms with van der Waals surface area (Å²) < 4.78 is 0. The molecule has 0 aliphatic heterocycles. The first-order valence-electron chi connectivity index (χ1n) is 2.78. The summed E-state index contributed by atoms with van der Waals surface area (Å²) in [6.07, 6.45) is 2.19. The molecule has 0 aromatic carbocycles. The fourth-order valence-electron chi connectivity index (χ4n) is 0.416. The Bertz CT molecular complexity index is 147. The van der Waals surface area contributed by atoms with Gasteiger partial charge in [0.05, 0.1) is 0 Å². The lowest BCUT2D eigenvalue weighted by Crippen LogP contribution is -2.29. The predicted molar refractivity (Wildman–Crippen MR) is 42.9 cm³/mol. The Morgan fingerprint density at radius 1 is 1.90 bits per heavy atom. The first-order chi connectivity index (χ1) is 4.57. The van der Waals surface area contributed by atoms with Crippen LogP contribution in [0.4, 0.5) is 0 Å². The molecular weight excluding hydrogens is 150 g/mol. The summed E-state index contributed by atoms with van der Waals surface area (Å²) in [5.41, 5.74) is 5.22. The summed E-state index contributed by atoms with van der Waals surface area (Å²) in [5, 5.41) is 8.35. The highest BCUT2D eigenvalue weighted by Gasteiger charge is 2.11. The molecule has 4 heteroatoms. The quantitative estimate of drug-likeness (QED) is 0.636. The molecule has 0 bridgehead atoms. The van der Waals surface area contributed by atoms with Gasteiger partial charge in [-0.15, -0.1) is 11.8 Å². The number of thioether (sulfide) groups is 1. The van der Waals surface area contributed by atoms with E-state index >= 15 is 0 Å². The second kappa shape index (κ2) is 4.35. The highest BCUT2D eigenvalue weighted by atomic mass is 32.2. The van der Waals surface area contributed by atoms with Gasteiger partial charge in [-0.05, 0) is 11.2 Å². The number of nitrogens with two attached hydrogens (primary N) is 1.